The van der Waals surface area contributed by atoms with Gasteiger partial charge in [0.2, 0.25) is 5.91 Å². The Morgan fingerprint density at radius 2 is 0.800 bits per heavy atom. The van der Waals surface area contributed by atoms with Crippen LogP contribution in [-0.4, -0.2) is 46.1 Å². The molecule has 0 aliphatic carbocycles. The fraction of sp³-hybridized carbons (Fsp3) is 0.933. The standard InChI is InChI=1S/C45H89NO4/c1-3-5-7-9-11-13-15-17-19-20-21-22-23-25-26-28-30-32-34-36-38-42(48)40-45(50)46-43(41-47)44(49)39-37-35-33-31-29-27-24-18-16-14-12-10-8-6-4-2/h23,25,42-44,47-49H,3-22,24,26-41H2,1-2H3,(H,46,50)/b25-23-. The molecule has 0 fully saturated rings. The molecule has 0 saturated carbocycles. The number of aliphatic hydroxyl groups excluding tert-OH is 3. The summed E-state index contributed by atoms with van der Waals surface area (Å²) >= 11 is 0. The van der Waals surface area contributed by atoms with Crippen LogP contribution in [-0.2, 0) is 4.79 Å². The van der Waals surface area contributed by atoms with E-state index >= 15 is 0 Å². The fourth-order valence-corrected chi connectivity index (χ4v) is 7.11. The summed E-state index contributed by atoms with van der Waals surface area (Å²) in [7, 11) is 0. The second-order valence-corrected chi connectivity index (χ2v) is 15.7. The van der Waals surface area contributed by atoms with E-state index in [4.69, 9.17) is 0 Å². The van der Waals surface area contributed by atoms with Crippen molar-refractivity contribution in [3.8, 4) is 0 Å². The smallest absolute Gasteiger partial charge is 0.222 e. The first-order valence-corrected chi connectivity index (χ1v) is 22.5. The van der Waals surface area contributed by atoms with E-state index in [-0.39, 0.29) is 18.9 Å². The van der Waals surface area contributed by atoms with Crippen LogP contribution >= 0.6 is 0 Å². The molecule has 0 radical (unpaired) electrons. The Morgan fingerprint density at radius 1 is 0.480 bits per heavy atom. The Labute approximate surface area is 312 Å². The zero-order chi connectivity index (χ0) is 36.6. The highest BCUT2D eigenvalue weighted by Gasteiger charge is 2.21. The van der Waals surface area contributed by atoms with E-state index in [0.29, 0.717) is 12.8 Å². The third kappa shape index (κ3) is 36.9. The monoisotopic (exact) mass is 708 g/mol. The van der Waals surface area contributed by atoms with Crippen LogP contribution in [0, 0.1) is 0 Å². The first kappa shape index (κ1) is 49.1. The maximum atomic E-state index is 12.4. The number of hydrogen-bond acceptors (Lipinski definition) is 4. The van der Waals surface area contributed by atoms with E-state index in [1.165, 1.54) is 180 Å². The van der Waals surface area contributed by atoms with Crippen LogP contribution in [0.25, 0.3) is 0 Å². The first-order chi connectivity index (χ1) is 24.5. The van der Waals surface area contributed by atoms with Crippen molar-refractivity contribution in [2.45, 2.75) is 263 Å². The molecule has 298 valence electrons. The number of carbonyl (C=O) groups is 1. The van der Waals surface area contributed by atoms with Crippen LogP contribution in [0.2, 0.25) is 0 Å². The zero-order valence-electron chi connectivity index (χ0n) is 33.8. The van der Waals surface area contributed by atoms with Crippen LogP contribution in [0.15, 0.2) is 12.2 Å². The number of hydrogen-bond donors (Lipinski definition) is 4. The number of unbranched alkanes of at least 4 members (excludes halogenated alkanes) is 30. The predicted molar refractivity (Wildman–Crippen MR) is 218 cm³/mol. The van der Waals surface area contributed by atoms with E-state index in [1.807, 2.05) is 0 Å². The molecule has 1 amide bonds. The third-order valence-electron chi connectivity index (χ3n) is 10.6. The average Bonchev–Trinajstić information content (AvgIpc) is 3.11. The van der Waals surface area contributed by atoms with Gasteiger partial charge in [-0.15, -0.1) is 0 Å². The molecule has 0 aromatic carbocycles. The number of allylic oxidation sites excluding steroid dienone is 2. The Morgan fingerprint density at radius 3 is 1.16 bits per heavy atom. The number of amides is 1. The van der Waals surface area contributed by atoms with Gasteiger partial charge in [-0.3, -0.25) is 4.79 Å². The summed E-state index contributed by atoms with van der Waals surface area (Å²) in [5, 5.41) is 33.4. The number of nitrogens with one attached hydrogen (secondary N) is 1. The lowest BCUT2D eigenvalue weighted by atomic mass is 10.0. The summed E-state index contributed by atoms with van der Waals surface area (Å²) in [6, 6.07) is -0.657. The Balaban J connectivity index is 3.60. The predicted octanol–water partition coefficient (Wildman–Crippen LogP) is 12.8. The molecule has 5 nitrogen and oxygen atoms in total. The van der Waals surface area contributed by atoms with E-state index in [0.717, 1.165) is 32.1 Å². The van der Waals surface area contributed by atoms with Crippen LogP contribution in [0.4, 0.5) is 0 Å². The molecule has 4 N–H and O–H groups in total. The van der Waals surface area contributed by atoms with Crippen molar-refractivity contribution in [2.24, 2.45) is 0 Å². The van der Waals surface area contributed by atoms with Gasteiger partial charge in [0.15, 0.2) is 0 Å². The van der Waals surface area contributed by atoms with E-state index in [9.17, 15) is 20.1 Å². The second kappa shape index (κ2) is 40.9. The quantitative estimate of drug-likeness (QED) is 0.0376. The number of carbonyl (C=O) groups excluding carboxylic acids is 1. The minimum absolute atomic E-state index is 0.0338. The van der Waals surface area contributed by atoms with Gasteiger partial charge in [-0.1, -0.05) is 212 Å². The SMILES string of the molecule is CCCCCCCCCCCCC/C=C\CCCCCCCC(O)CC(=O)NC(CO)C(O)CCCCCCCCCCCCCCCCC. The Bertz CT molecular complexity index is 699. The van der Waals surface area contributed by atoms with Gasteiger partial charge in [-0.25, -0.2) is 0 Å². The van der Waals surface area contributed by atoms with Gasteiger partial charge in [-0.05, 0) is 38.5 Å². The molecule has 0 aliphatic heterocycles. The highest BCUT2D eigenvalue weighted by molar-refractivity contribution is 5.76. The molecule has 3 unspecified atom stereocenters. The lowest BCUT2D eigenvalue weighted by Crippen LogP contribution is -2.46. The van der Waals surface area contributed by atoms with Gasteiger partial charge >= 0.3 is 0 Å². The molecule has 0 rings (SSSR count). The largest absolute Gasteiger partial charge is 0.394 e. The van der Waals surface area contributed by atoms with Crippen LogP contribution in [0.5, 0.6) is 0 Å². The van der Waals surface area contributed by atoms with Gasteiger partial charge in [0.25, 0.3) is 0 Å². The minimum Gasteiger partial charge on any atom is -0.394 e. The van der Waals surface area contributed by atoms with E-state index in [2.05, 4.69) is 31.3 Å². The van der Waals surface area contributed by atoms with Gasteiger partial charge in [0, 0.05) is 0 Å². The summed E-state index contributed by atoms with van der Waals surface area (Å²) in [6.45, 7) is 4.27. The summed E-state index contributed by atoms with van der Waals surface area (Å²) in [5.41, 5.74) is 0. The van der Waals surface area contributed by atoms with Crippen molar-refractivity contribution in [1.82, 2.24) is 5.32 Å². The van der Waals surface area contributed by atoms with Crippen LogP contribution < -0.4 is 5.32 Å². The van der Waals surface area contributed by atoms with E-state index < -0.39 is 18.2 Å². The molecule has 0 bridgehead atoms. The fourth-order valence-electron chi connectivity index (χ4n) is 7.11. The van der Waals surface area contributed by atoms with Crippen LogP contribution in [0.3, 0.4) is 0 Å². The van der Waals surface area contributed by atoms with Crippen molar-refractivity contribution in [2.75, 3.05) is 6.61 Å². The van der Waals surface area contributed by atoms with E-state index in [1.54, 1.807) is 0 Å². The Kier molecular flexibility index (Phi) is 40.1. The molecule has 0 aliphatic rings. The topological polar surface area (TPSA) is 89.8 Å². The van der Waals surface area contributed by atoms with Gasteiger partial charge in [0.05, 0.1) is 31.3 Å². The Hall–Kier alpha value is -0.910. The first-order valence-electron chi connectivity index (χ1n) is 22.5. The van der Waals surface area contributed by atoms with Crippen molar-refractivity contribution in [3.63, 3.8) is 0 Å². The average molecular weight is 708 g/mol. The van der Waals surface area contributed by atoms with Crippen molar-refractivity contribution < 1.29 is 20.1 Å². The van der Waals surface area contributed by atoms with Gasteiger partial charge < -0.3 is 20.6 Å². The molecule has 3 atom stereocenters. The molecule has 0 spiro atoms. The molecule has 0 heterocycles. The summed E-state index contributed by atoms with van der Waals surface area (Å²) in [5.74, 6) is -0.285. The lowest BCUT2D eigenvalue weighted by Gasteiger charge is -2.23. The lowest BCUT2D eigenvalue weighted by molar-refractivity contribution is -0.125. The summed E-state index contributed by atoms with van der Waals surface area (Å²) in [6.07, 6.45) is 47.5. The zero-order valence-corrected chi connectivity index (χ0v) is 33.8. The molecule has 0 aromatic heterocycles. The van der Waals surface area contributed by atoms with Crippen LogP contribution in [0.1, 0.15) is 245 Å². The number of aliphatic hydroxyl groups is 3. The maximum Gasteiger partial charge on any atom is 0.222 e. The molecule has 50 heavy (non-hydrogen) atoms. The van der Waals surface area contributed by atoms with Gasteiger partial charge in [-0.2, -0.15) is 0 Å². The maximum absolute atomic E-state index is 12.4. The number of rotatable bonds is 41. The normalized spacial score (nSPS) is 13.6. The highest BCUT2D eigenvalue weighted by atomic mass is 16.3. The molecule has 0 saturated heterocycles. The summed E-state index contributed by atoms with van der Waals surface area (Å²) < 4.78 is 0. The molecule has 5 heteroatoms. The van der Waals surface area contributed by atoms with Crippen molar-refractivity contribution in [1.29, 1.82) is 0 Å². The van der Waals surface area contributed by atoms with Gasteiger partial charge in [0.1, 0.15) is 0 Å². The minimum atomic E-state index is -0.748. The molecular weight excluding hydrogens is 618 g/mol. The molecule has 0 aromatic rings. The second-order valence-electron chi connectivity index (χ2n) is 15.7. The highest BCUT2D eigenvalue weighted by Crippen LogP contribution is 2.16. The molecular formula is C45H89NO4. The van der Waals surface area contributed by atoms with Crippen molar-refractivity contribution in [3.05, 3.63) is 12.2 Å². The van der Waals surface area contributed by atoms with Crippen molar-refractivity contribution >= 4 is 5.91 Å². The third-order valence-corrected chi connectivity index (χ3v) is 10.6. The summed E-state index contributed by atoms with van der Waals surface area (Å²) in [4.78, 5) is 12.4.